The zero-order valence-electron chi connectivity index (χ0n) is 13.1. The smallest absolute Gasteiger partial charge is 0.326 e. The molecule has 0 radical (unpaired) electrons. The van der Waals surface area contributed by atoms with Crippen LogP contribution < -0.4 is 5.32 Å². The first-order chi connectivity index (χ1) is 9.19. The van der Waals surface area contributed by atoms with Crippen molar-refractivity contribution in [2.75, 3.05) is 27.7 Å². The minimum atomic E-state index is -0.993. The molecular formula is C14H27N3O3. The van der Waals surface area contributed by atoms with E-state index in [1.807, 2.05) is 14.1 Å². The number of nitrogens with one attached hydrogen (secondary N) is 1. The van der Waals surface area contributed by atoms with E-state index < -0.39 is 12.0 Å². The van der Waals surface area contributed by atoms with Crippen LogP contribution in [0.1, 0.15) is 33.1 Å². The SMILES string of the molecule is CC(C)C(NC(=O)N(C)CC1(N(C)C)CCC1)C(=O)O. The number of hydrogen-bond donors (Lipinski definition) is 2. The molecule has 0 bridgehead atoms. The largest absolute Gasteiger partial charge is 0.480 e. The second kappa shape index (κ2) is 6.43. The van der Waals surface area contributed by atoms with Crippen LogP contribution in [0, 0.1) is 5.92 Å². The highest BCUT2D eigenvalue weighted by Gasteiger charge is 2.41. The average molecular weight is 285 g/mol. The molecule has 116 valence electrons. The van der Waals surface area contributed by atoms with Gasteiger partial charge in [0.25, 0.3) is 0 Å². The van der Waals surface area contributed by atoms with Crippen LogP contribution in [-0.2, 0) is 4.79 Å². The maximum absolute atomic E-state index is 12.1. The minimum Gasteiger partial charge on any atom is -0.480 e. The number of urea groups is 1. The van der Waals surface area contributed by atoms with Gasteiger partial charge in [-0.1, -0.05) is 13.8 Å². The normalized spacial score (nSPS) is 18.6. The van der Waals surface area contributed by atoms with Crippen LogP contribution in [0.25, 0.3) is 0 Å². The minimum absolute atomic E-state index is 0.0443. The second-order valence-corrected chi connectivity index (χ2v) is 6.34. The van der Waals surface area contributed by atoms with Crippen LogP contribution in [-0.4, -0.2) is 66.2 Å². The molecule has 0 aromatic heterocycles. The lowest BCUT2D eigenvalue weighted by Gasteiger charge is -2.49. The van der Waals surface area contributed by atoms with Gasteiger partial charge in [0.1, 0.15) is 6.04 Å². The van der Waals surface area contributed by atoms with Crippen LogP contribution in [0.15, 0.2) is 0 Å². The van der Waals surface area contributed by atoms with E-state index in [2.05, 4.69) is 10.2 Å². The molecule has 1 saturated carbocycles. The molecule has 0 saturated heterocycles. The summed E-state index contributed by atoms with van der Waals surface area (Å²) in [5, 5.41) is 11.7. The second-order valence-electron chi connectivity index (χ2n) is 6.34. The third kappa shape index (κ3) is 3.62. The van der Waals surface area contributed by atoms with Gasteiger partial charge >= 0.3 is 12.0 Å². The van der Waals surface area contributed by atoms with E-state index in [4.69, 9.17) is 5.11 Å². The topological polar surface area (TPSA) is 72.9 Å². The Hall–Kier alpha value is -1.30. The van der Waals surface area contributed by atoms with Gasteiger partial charge in [0.15, 0.2) is 0 Å². The lowest BCUT2D eigenvalue weighted by atomic mass is 9.75. The molecule has 0 aromatic rings. The van der Waals surface area contributed by atoms with Crippen molar-refractivity contribution in [1.82, 2.24) is 15.1 Å². The quantitative estimate of drug-likeness (QED) is 0.769. The van der Waals surface area contributed by atoms with Crippen molar-refractivity contribution >= 4 is 12.0 Å². The summed E-state index contributed by atoms with van der Waals surface area (Å²) < 4.78 is 0. The van der Waals surface area contributed by atoms with Gasteiger partial charge in [-0.2, -0.15) is 0 Å². The number of hydrogen-bond acceptors (Lipinski definition) is 3. The summed E-state index contributed by atoms with van der Waals surface area (Å²) in [6.45, 7) is 4.19. The standard InChI is InChI=1S/C14H27N3O3/c1-10(2)11(12(18)19)15-13(20)17(5)9-14(16(3)4)7-6-8-14/h10-11H,6-9H2,1-5H3,(H,15,20)(H,18,19). The summed E-state index contributed by atoms with van der Waals surface area (Å²) in [7, 11) is 5.77. The van der Waals surface area contributed by atoms with Crippen molar-refractivity contribution in [1.29, 1.82) is 0 Å². The average Bonchev–Trinajstić information content (AvgIpc) is 2.28. The molecule has 1 atom stereocenters. The molecule has 2 amide bonds. The van der Waals surface area contributed by atoms with Gasteiger partial charge in [-0.15, -0.1) is 0 Å². The summed E-state index contributed by atoms with van der Waals surface area (Å²) in [4.78, 5) is 27.0. The fraction of sp³-hybridized carbons (Fsp3) is 0.857. The van der Waals surface area contributed by atoms with Gasteiger partial charge < -0.3 is 20.2 Å². The number of carbonyl (C=O) groups is 2. The van der Waals surface area contributed by atoms with Gasteiger partial charge in [0.05, 0.1) is 0 Å². The van der Waals surface area contributed by atoms with E-state index in [0.29, 0.717) is 6.54 Å². The van der Waals surface area contributed by atoms with E-state index >= 15 is 0 Å². The third-order valence-corrected chi connectivity index (χ3v) is 4.32. The highest BCUT2D eigenvalue weighted by molar-refractivity contribution is 5.82. The van der Waals surface area contributed by atoms with Crippen LogP contribution in [0.5, 0.6) is 0 Å². The van der Waals surface area contributed by atoms with E-state index in [1.54, 1.807) is 25.8 Å². The summed E-state index contributed by atoms with van der Waals surface area (Å²) in [6, 6.07) is -1.17. The highest BCUT2D eigenvalue weighted by atomic mass is 16.4. The first kappa shape index (κ1) is 16.8. The molecule has 6 nitrogen and oxygen atoms in total. The number of nitrogens with zero attached hydrogens (tertiary/aromatic N) is 2. The summed E-state index contributed by atoms with van der Waals surface area (Å²) in [6.07, 6.45) is 3.33. The molecule has 1 rings (SSSR count). The zero-order chi connectivity index (χ0) is 15.5. The van der Waals surface area contributed by atoms with Gasteiger partial charge in [-0.3, -0.25) is 0 Å². The number of carboxylic acid groups (broad SMARTS) is 1. The number of likely N-dealkylation sites (N-methyl/N-ethyl adjacent to an activating group) is 2. The Balaban J connectivity index is 2.61. The molecule has 1 fully saturated rings. The molecule has 6 heteroatoms. The van der Waals surface area contributed by atoms with Gasteiger partial charge in [-0.05, 0) is 39.3 Å². The Labute approximate surface area is 121 Å². The molecule has 1 unspecified atom stereocenters. The van der Waals surface area contributed by atoms with Crippen LogP contribution in [0.2, 0.25) is 0 Å². The summed E-state index contributed by atoms with van der Waals surface area (Å²) in [5.74, 6) is -1.14. The Bertz CT molecular complexity index is 365. The molecule has 0 heterocycles. The number of aliphatic carboxylic acids is 1. The summed E-state index contributed by atoms with van der Waals surface area (Å²) in [5.41, 5.74) is 0.0443. The van der Waals surface area contributed by atoms with Crippen molar-refractivity contribution in [3.63, 3.8) is 0 Å². The lowest BCUT2D eigenvalue weighted by molar-refractivity contribution is -0.140. The molecular weight excluding hydrogens is 258 g/mol. The van der Waals surface area contributed by atoms with Gasteiger partial charge in [-0.25, -0.2) is 9.59 Å². The van der Waals surface area contributed by atoms with Crippen LogP contribution in [0.4, 0.5) is 4.79 Å². The van der Waals surface area contributed by atoms with Crippen molar-refractivity contribution in [2.45, 2.75) is 44.7 Å². The van der Waals surface area contributed by atoms with E-state index in [9.17, 15) is 9.59 Å². The lowest BCUT2D eigenvalue weighted by Crippen LogP contribution is -2.59. The maximum atomic E-state index is 12.1. The monoisotopic (exact) mass is 285 g/mol. The predicted octanol–water partition coefficient (Wildman–Crippen LogP) is 1.22. The molecule has 0 spiro atoms. The van der Waals surface area contributed by atoms with Crippen molar-refractivity contribution in [3.05, 3.63) is 0 Å². The summed E-state index contributed by atoms with van der Waals surface area (Å²) >= 11 is 0. The Morgan fingerprint density at radius 2 is 1.80 bits per heavy atom. The Morgan fingerprint density at radius 3 is 2.10 bits per heavy atom. The molecule has 0 aliphatic heterocycles. The first-order valence-electron chi connectivity index (χ1n) is 7.11. The fourth-order valence-corrected chi connectivity index (χ4v) is 2.60. The molecule has 0 aromatic carbocycles. The van der Waals surface area contributed by atoms with Crippen molar-refractivity contribution in [2.24, 2.45) is 5.92 Å². The van der Waals surface area contributed by atoms with Gasteiger partial charge in [0.2, 0.25) is 0 Å². The van der Waals surface area contributed by atoms with E-state index in [-0.39, 0.29) is 17.5 Å². The molecule has 2 N–H and O–H groups in total. The maximum Gasteiger partial charge on any atom is 0.326 e. The first-order valence-corrected chi connectivity index (χ1v) is 7.11. The van der Waals surface area contributed by atoms with Crippen molar-refractivity contribution in [3.8, 4) is 0 Å². The molecule has 20 heavy (non-hydrogen) atoms. The zero-order valence-corrected chi connectivity index (χ0v) is 13.1. The van der Waals surface area contributed by atoms with E-state index in [1.165, 1.54) is 6.42 Å². The molecule has 1 aliphatic carbocycles. The molecule has 1 aliphatic rings. The fourth-order valence-electron chi connectivity index (χ4n) is 2.60. The Morgan fingerprint density at radius 1 is 1.25 bits per heavy atom. The number of carboxylic acids is 1. The van der Waals surface area contributed by atoms with Crippen LogP contribution >= 0.6 is 0 Å². The van der Waals surface area contributed by atoms with E-state index in [0.717, 1.165) is 12.8 Å². The predicted molar refractivity (Wildman–Crippen MR) is 77.7 cm³/mol. The number of carbonyl (C=O) groups excluding carboxylic acids is 1. The number of rotatable bonds is 6. The third-order valence-electron chi connectivity index (χ3n) is 4.32. The van der Waals surface area contributed by atoms with Crippen molar-refractivity contribution < 1.29 is 14.7 Å². The van der Waals surface area contributed by atoms with Crippen LogP contribution in [0.3, 0.4) is 0 Å². The Kier molecular flexibility index (Phi) is 5.39. The number of amides is 2. The highest BCUT2D eigenvalue weighted by Crippen LogP contribution is 2.36. The van der Waals surface area contributed by atoms with Gasteiger partial charge in [0, 0.05) is 19.1 Å².